The van der Waals surface area contributed by atoms with Crippen LogP contribution in [0.3, 0.4) is 0 Å². The molecule has 3 aromatic rings. The van der Waals surface area contributed by atoms with Crippen molar-refractivity contribution in [2.24, 2.45) is 0 Å². The molecule has 1 aliphatic carbocycles. The van der Waals surface area contributed by atoms with E-state index in [1.165, 1.54) is 6.07 Å². The highest BCUT2D eigenvalue weighted by Crippen LogP contribution is 2.32. The maximum absolute atomic E-state index is 13.8. The average molecular weight is 430 g/mol. The summed E-state index contributed by atoms with van der Waals surface area (Å²) in [5.74, 6) is -2.18. The zero-order valence-corrected chi connectivity index (χ0v) is 17.6. The molecular weight excluding hydrogens is 408 g/mol. The number of anilines is 1. The van der Waals surface area contributed by atoms with Crippen LogP contribution in [0.25, 0.3) is 5.69 Å². The van der Waals surface area contributed by atoms with Gasteiger partial charge in [-0.1, -0.05) is 31.5 Å². The lowest BCUT2D eigenvalue weighted by molar-refractivity contribution is 0.102. The molecule has 0 bridgehead atoms. The lowest BCUT2D eigenvalue weighted by Crippen LogP contribution is -2.17. The van der Waals surface area contributed by atoms with E-state index in [2.05, 4.69) is 10.4 Å². The lowest BCUT2D eigenvalue weighted by atomic mass is 10.0. The lowest BCUT2D eigenvalue weighted by Gasteiger charge is -2.15. The number of aromatic nitrogens is 2. The van der Waals surface area contributed by atoms with Crippen LogP contribution in [0, 0.1) is 11.6 Å². The van der Waals surface area contributed by atoms with Crippen LogP contribution in [0.15, 0.2) is 30.3 Å². The molecule has 0 saturated heterocycles. The minimum Gasteiger partial charge on any atom is -0.320 e. The van der Waals surface area contributed by atoms with Crippen molar-refractivity contribution in [3.8, 4) is 5.69 Å². The molecule has 7 heteroatoms. The standard InChI is InChI=1S/C23H22ClF2N3O/c1-3-13-8-10-17(24)15(4-2)21(13)27-23(30)22-16-6-5-7-20(16)29(28-22)14-9-11-18(25)19(26)12-14/h8-12H,3-7H2,1-2H3,(H,27,30). The Morgan fingerprint density at radius 3 is 2.63 bits per heavy atom. The van der Waals surface area contributed by atoms with Crippen LogP contribution in [-0.2, 0) is 25.7 Å². The van der Waals surface area contributed by atoms with Gasteiger partial charge in [0.25, 0.3) is 5.91 Å². The Bertz CT molecular complexity index is 1140. The molecule has 1 amide bonds. The van der Waals surface area contributed by atoms with Crippen molar-refractivity contribution in [3.05, 3.63) is 75.1 Å². The van der Waals surface area contributed by atoms with Gasteiger partial charge in [0, 0.05) is 28.0 Å². The second-order valence-electron chi connectivity index (χ2n) is 7.36. The number of hydrogen-bond acceptors (Lipinski definition) is 2. The second-order valence-corrected chi connectivity index (χ2v) is 7.77. The third-order valence-corrected chi connectivity index (χ3v) is 5.96. The zero-order chi connectivity index (χ0) is 21.4. The molecule has 156 valence electrons. The van der Waals surface area contributed by atoms with E-state index in [4.69, 9.17) is 11.6 Å². The minimum atomic E-state index is -0.945. The molecule has 1 aromatic heterocycles. The van der Waals surface area contributed by atoms with Gasteiger partial charge >= 0.3 is 0 Å². The summed E-state index contributed by atoms with van der Waals surface area (Å²) in [7, 11) is 0. The number of rotatable bonds is 5. The van der Waals surface area contributed by atoms with Crippen molar-refractivity contribution >= 4 is 23.2 Å². The number of carbonyl (C=O) groups excluding carboxylic acids is 1. The Hall–Kier alpha value is -2.73. The molecule has 0 radical (unpaired) electrons. The molecular formula is C23H22ClF2N3O. The number of nitrogens with zero attached hydrogens (tertiary/aromatic N) is 2. The summed E-state index contributed by atoms with van der Waals surface area (Å²) in [6.45, 7) is 4.01. The third-order valence-electron chi connectivity index (χ3n) is 5.61. The van der Waals surface area contributed by atoms with Crippen LogP contribution in [0.2, 0.25) is 5.02 Å². The summed E-state index contributed by atoms with van der Waals surface area (Å²) >= 11 is 6.36. The van der Waals surface area contributed by atoms with Crippen LogP contribution >= 0.6 is 11.6 Å². The summed E-state index contributed by atoms with van der Waals surface area (Å²) < 4.78 is 28.7. The maximum atomic E-state index is 13.8. The largest absolute Gasteiger partial charge is 0.320 e. The van der Waals surface area contributed by atoms with Crippen molar-refractivity contribution < 1.29 is 13.6 Å². The normalized spacial score (nSPS) is 12.8. The summed E-state index contributed by atoms with van der Waals surface area (Å²) in [5, 5.41) is 8.12. The molecule has 0 aliphatic heterocycles. The third kappa shape index (κ3) is 3.49. The van der Waals surface area contributed by atoms with E-state index in [0.29, 0.717) is 22.8 Å². The molecule has 0 atom stereocenters. The van der Waals surface area contributed by atoms with Crippen molar-refractivity contribution in [3.63, 3.8) is 0 Å². The number of benzene rings is 2. The van der Waals surface area contributed by atoms with Crippen LogP contribution in [0.5, 0.6) is 0 Å². The number of fused-ring (bicyclic) bond motifs is 1. The van der Waals surface area contributed by atoms with E-state index in [1.807, 2.05) is 26.0 Å². The van der Waals surface area contributed by atoms with Gasteiger partial charge in [-0.05, 0) is 61.4 Å². The quantitative estimate of drug-likeness (QED) is 0.568. The number of carbonyl (C=O) groups is 1. The molecule has 0 saturated carbocycles. The molecule has 1 heterocycles. The molecule has 4 nitrogen and oxygen atoms in total. The average Bonchev–Trinajstić information content (AvgIpc) is 3.33. The number of halogens is 3. The summed E-state index contributed by atoms with van der Waals surface area (Å²) in [5.41, 5.74) is 5.06. The van der Waals surface area contributed by atoms with Crippen LogP contribution < -0.4 is 5.32 Å². The van der Waals surface area contributed by atoms with E-state index in [-0.39, 0.29) is 5.91 Å². The van der Waals surface area contributed by atoms with Gasteiger partial charge in [0.1, 0.15) is 0 Å². The van der Waals surface area contributed by atoms with E-state index >= 15 is 0 Å². The van der Waals surface area contributed by atoms with Gasteiger partial charge in [-0.3, -0.25) is 4.79 Å². The second kappa shape index (κ2) is 8.19. The topological polar surface area (TPSA) is 46.9 Å². The number of aryl methyl sites for hydroxylation is 1. The summed E-state index contributed by atoms with van der Waals surface area (Å²) in [6.07, 6.45) is 3.77. The van der Waals surface area contributed by atoms with Crippen LogP contribution in [0.4, 0.5) is 14.5 Å². The highest BCUT2D eigenvalue weighted by Gasteiger charge is 2.28. The van der Waals surface area contributed by atoms with Gasteiger partial charge in [-0.15, -0.1) is 0 Å². The molecule has 2 aromatic carbocycles. The summed E-state index contributed by atoms with van der Waals surface area (Å²) in [4.78, 5) is 13.2. The molecule has 0 fully saturated rings. The number of nitrogens with one attached hydrogen (secondary N) is 1. The fourth-order valence-corrected chi connectivity index (χ4v) is 4.38. The van der Waals surface area contributed by atoms with E-state index in [9.17, 15) is 13.6 Å². The first-order valence-electron chi connectivity index (χ1n) is 10.1. The fraction of sp³-hybridized carbons (Fsp3) is 0.304. The van der Waals surface area contributed by atoms with E-state index in [1.54, 1.807) is 4.68 Å². The van der Waals surface area contributed by atoms with Gasteiger partial charge < -0.3 is 5.32 Å². The molecule has 4 rings (SSSR count). The Labute approximate surface area is 178 Å². The first-order chi connectivity index (χ1) is 14.4. The van der Waals surface area contributed by atoms with E-state index < -0.39 is 11.6 Å². The van der Waals surface area contributed by atoms with Gasteiger partial charge in [0.2, 0.25) is 0 Å². The van der Waals surface area contributed by atoms with Crippen LogP contribution in [0.1, 0.15) is 53.1 Å². The Morgan fingerprint density at radius 2 is 1.93 bits per heavy atom. The van der Waals surface area contributed by atoms with Gasteiger partial charge in [0.15, 0.2) is 17.3 Å². The monoisotopic (exact) mass is 429 g/mol. The molecule has 0 spiro atoms. The molecule has 0 unspecified atom stereocenters. The predicted molar refractivity (Wildman–Crippen MR) is 114 cm³/mol. The van der Waals surface area contributed by atoms with Gasteiger partial charge in [0.05, 0.1) is 5.69 Å². The van der Waals surface area contributed by atoms with Gasteiger partial charge in [-0.25, -0.2) is 13.5 Å². The molecule has 1 aliphatic rings. The SMILES string of the molecule is CCc1ccc(Cl)c(CC)c1NC(=O)c1nn(-c2ccc(F)c(F)c2)c2c1CCC2. The zero-order valence-electron chi connectivity index (χ0n) is 16.9. The van der Waals surface area contributed by atoms with Crippen molar-refractivity contribution in [1.82, 2.24) is 9.78 Å². The highest BCUT2D eigenvalue weighted by atomic mass is 35.5. The Kier molecular flexibility index (Phi) is 5.60. The predicted octanol–water partition coefficient (Wildman–Crippen LogP) is 5.67. The smallest absolute Gasteiger partial charge is 0.276 e. The van der Waals surface area contributed by atoms with E-state index in [0.717, 1.165) is 65.9 Å². The summed E-state index contributed by atoms with van der Waals surface area (Å²) in [6, 6.07) is 7.41. The van der Waals surface area contributed by atoms with Crippen molar-refractivity contribution in [1.29, 1.82) is 0 Å². The fourth-order valence-electron chi connectivity index (χ4n) is 4.09. The first kappa shape index (κ1) is 20.5. The Balaban J connectivity index is 1.75. The van der Waals surface area contributed by atoms with Gasteiger partial charge in [-0.2, -0.15) is 5.10 Å². The minimum absolute atomic E-state index is 0.316. The molecule has 30 heavy (non-hydrogen) atoms. The van der Waals surface area contributed by atoms with Crippen LogP contribution in [-0.4, -0.2) is 15.7 Å². The maximum Gasteiger partial charge on any atom is 0.276 e. The Morgan fingerprint density at radius 1 is 1.13 bits per heavy atom. The van der Waals surface area contributed by atoms with Crippen molar-refractivity contribution in [2.75, 3.05) is 5.32 Å². The number of amides is 1. The number of hydrogen-bond donors (Lipinski definition) is 1. The highest BCUT2D eigenvalue weighted by molar-refractivity contribution is 6.32. The van der Waals surface area contributed by atoms with Crippen molar-refractivity contribution in [2.45, 2.75) is 46.0 Å². The first-order valence-corrected chi connectivity index (χ1v) is 10.5. The molecule has 1 N–H and O–H groups in total.